The second kappa shape index (κ2) is 6.51. The molecular formula is C17H21NO2. The van der Waals surface area contributed by atoms with E-state index in [9.17, 15) is 4.79 Å². The molecule has 2 aromatic rings. The second-order valence-corrected chi connectivity index (χ2v) is 5.24. The third-order valence-corrected chi connectivity index (χ3v) is 3.67. The summed E-state index contributed by atoms with van der Waals surface area (Å²) in [7, 11) is 0. The molecule has 0 saturated heterocycles. The third-order valence-electron chi connectivity index (χ3n) is 3.67. The maximum atomic E-state index is 11.6. The lowest BCUT2D eigenvalue weighted by molar-refractivity contribution is 0.101. The molecule has 0 radical (unpaired) electrons. The Balaban J connectivity index is 2.16. The van der Waals surface area contributed by atoms with E-state index < -0.39 is 0 Å². The normalized spacial score (nSPS) is 12.3. The van der Waals surface area contributed by atoms with Crippen LogP contribution in [0.15, 0.2) is 30.5 Å². The van der Waals surface area contributed by atoms with E-state index in [1.54, 1.807) is 19.2 Å². The van der Waals surface area contributed by atoms with Crippen LogP contribution in [0.5, 0.6) is 5.75 Å². The van der Waals surface area contributed by atoms with Gasteiger partial charge in [-0.25, -0.2) is 0 Å². The van der Waals surface area contributed by atoms with Gasteiger partial charge in [-0.3, -0.25) is 9.78 Å². The first-order chi connectivity index (χ1) is 9.61. The lowest BCUT2D eigenvalue weighted by Crippen LogP contribution is -2.03. The predicted molar refractivity (Wildman–Crippen MR) is 81.3 cm³/mol. The minimum atomic E-state index is 0.0582. The van der Waals surface area contributed by atoms with Crippen LogP contribution >= 0.6 is 0 Å². The molecule has 1 atom stereocenters. The number of carbonyl (C=O) groups is 1. The smallest absolute Gasteiger partial charge is 0.160 e. The standard InChI is InChI=1S/C17H21NO2/c1-4-12(2)8-10-20-14-5-6-16-15(13(3)19)7-9-18-17(16)11-14/h5-7,9,11-12H,4,8,10H2,1-3H3. The molecule has 3 nitrogen and oxygen atoms in total. The fraction of sp³-hybridized carbons (Fsp3) is 0.412. The molecule has 106 valence electrons. The molecule has 1 unspecified atom stereocenters. The van der Waals surface area contributed by atoms with Gasteiger partial charge in [-0.05, 0) is 37.5 Å². The second-order valence-electron chi connectivity index (χ2n) is 5.24. The minimum Gasteiger partial charge on any atom is -0.494 e. The quantitative estimate of drug-likeness (QED) is 0.737. The molecule has 0 bridgehead atoms. The van der Waals surface area contributed by atoms with Gasteiger partial charge in [0.1, 0.15) is 5.75 Å². The summed E-state index contributed by atoms with van der Waals surface area (Å²) >= 11 is 0. The Morgan fingerprint density at radius 2 is 2.15 bits per heavy atom. The first-order valence-electron chi connectivity index (χ1n) is 7.14. The van der Waals surface area contributed by atoms with E-state index in [0.29, 0.717) is 18.1 Å². The number of carbonyl (C=O) groups excluding carboxylic acids is 1. The van der Waals surface area contributed by atoms with Crippen molar-refractivity contribution in [2.45, 2.75) is 33.6 Å². The molecule has 0 aliphatic rings. The Bertz CT molecular complexity index is 607. The summed E-state index contributed by atoms with van der Waals surface area (Å²) < 4.78 is 5.76. The summed E-state index contributed by atoms with van der Waals surface area (Å²) in [6, 6.07) is 7.48. The van der Waals surface area contributed by atoms with Crippen molar-refractivity contribution in [2.75, 3.05) is 6.61 Å². The van der Waals surface area contributed by atoms with E-state index >= 15 is 0 Å². The zero-order valence-electron chi connectivity index (χ0n) is 12.3. The number of nitrogens with zero attached hydrogens (tertiary/aromatic N) is 1. The van der Waals surface area contributed by atoms with Crippen LogP contribution in [0.2, 0.25) is 0 Å². The molecule has 0 N–H and O–H groups in total. The van der Waals surface area contributed by atoms with Gasteiger partial charge in [0.25, 0.3) is 0 Å². The van der Waals surface area contributed by atoms with Gasteiger partial charge in [-0.1, -0.05) is 20.3 Å². The topological polar surface area (TPSA) is 39.2 Å². The molecule has 0 saturated carbocycles. The van der Waals surface area contributed by atoms with Crippen LogP contribution in [0.25, 0.3) is 10.9 Å². The Labute approximate surface area is 120 Å². The number of hydrogen-bond acceptors (Lipinski definition) is 3. The van der Waals surface area contributed by atoms with Crippen LogP contribution in [-0.2, 0) is 0 Å². The average molecular weight is 271 g/mol. The minimum absolute atomic E-state index is 0.0582. The van der Waals surface area contributed by atoms with E-state index in [-0.39, 0.29) is 5.78 Å². The van der Waals surface area contributed by atoms with Crippen LogP contribution in [0.1, 0.15) is 44.0 Å². The van der Waals surface area contributed by atoms with Crippen molar-refractivity contribution in [1.82, 2.24) is 4.98 Å². The lowest BCUT2D eigenvalue weighted by atomic mass is 10.1. The summed E-state index contributed by atoms with van der Waals surface area (Å²) in [4.78, 5) is 15.9. The average Bonchev–Trinajstić information content (AvgIpc) is 2.46. The number of ether oxygens (including phenoxy) is 1. The molecule has 1 aromatic heterocycles. The summed E-state index contributed by atoms with van der Waals surface area (Å²) in [6.07, 6.45) is 3.89. The SMILES string of the molecule is CCC(C)CCOc1ccc2c(C(C)=O)ccnc2c1. The molecule has 1 heterocycles. The van der Waals surface area contributed by atoms with E-state index in [0.717, 1.165) is 23.1 Å². The summed E-state index contributed by atoms with van der Waals surface area (Å²) in [5.74, 6) is 1.55. The van der Waals surface area contributed by atoms with Gasteiger partial charge in [-0.15, -0.1) is 0 Å². The van der Waals surface area contributed by atoms with Crippen LogP contribution < -0.4 is 4.74 Å². The van der Waals surface area contributed by atoms with Gasteiger partial charge in [0, 0.05) is 23.2 Å². The van der Waals surface area contributed by atoms with E-state index in [4.69, 9.17) is 4.74 Å². The molecule has 0 spiro atoms. The lowest BCUT2D eigenvalue weighted by Gasteiger charge is -2.11. The number of fused-ring (bicyclic) bond motifs is 1. The van der Waals surface area contributed by atoms with Gasteiger partial charge < -0.3 is 4.74 Å². The van der Waals surface area contributed by atoms with Gasteiger partial charge in [0.2, 0.25) is 0 Å². The highest BCUT2D eigenvalue weighted by Gasteiger charge is 2.07. The van der Waals surface area contributed by atoms with Gasteiger partial charge >= 0.3 is 0 Å². The number of aromatic nitrogens is 1. The highest BCUT2D eigenvalue weighted by molar-refractivity contribution is 6.06. The molecule has 0 fully saturated rings. The fourth-order valence-electron chi connectivity index (χ4n) is 2.11. The first kappa shape index (κ1) is 14.5. The van der Waals surface area contributed by atoms with Crippen LogP contribution in [0, 0.1) is 5.92 Å². The Hall–Kier alpha value is -1.90. The molecule has 1 aromatic carbocycles. The van der Waals surface area contributed by atoms with Crippen molar-refractivity contribution < 1.29 is 9.53 Å². The molecule has 0 aliphatic carbocycles. The van der Waals surface area contributed by atoms with E-state index in [2.05, 4.69) is 18.8 Å². The number of Topliss-reactive ketones (excluding diaryl/α,β-unsaturated/α-hetero) is 1. The number of hydrogen-bond donors (Lipinski definition) is 0. The number of benzene rings is 1. The van der Waals surface area contributed by atoms with E-state index in [1.807, 2.05) is 18.2 Å². The van der Waals surface area contributed by atoms with Crippen molar-refractivity contribution >= 4 is 16.7 Å². The zero-order valence-corrected chi connectivity index (χ0v) is 12.3. The summed E-state index contributed by atoms with van der Waals surface area (Å²) in [6.45, 7) is 6.70. The van der Waals surface area contributed by atoms with Crippen molar-refractivity contribution in [3.05, 3.63) is 36.0 Å². The highest BCUT2D eigenvalue weighted by atomic mass is 16.5. The van der Waals surface area contributed by atoms with Gasteiger partial charge in [-0.2, -0.15) is 0 Å². The van der Waals surface area contributed by atoms with E-state index in [1.165, 1.54) is 6.42 Å². The van der Waals surface area contributed by atoms with Gasteiger partial charge in [0.05, 0.1) is 12.1 Å². The number of pyridine rings is 1. The van der Waals surface area contributed by atoms with Crippen molar-refractivity contribution in [3.63, 3.8) is 0 Å². The molecule has 0 aliphatic heterocycles. The maximum absolute atomic E-state index is 11.6. The monoisotopic (exact) mass is 271 g/mol. The fourth-order valence-corrected chi connectivity index (χ4v) is 2.11. The Kier molecular flexibility index (Phi) is 4.72. The van der Waals surface area contributed by atoms with Gasteiger partial charge in [0.15, 0.2) is 5.78 Å². The zero-order chi connectivity index (χ0) is 14.5. The molecular weight excluding hydrogens is 250 g/mol. The van der Waals surface area contributed by atoms with Crippen LogP contribution in [0.3, 0.4) is 0 Å². The first-order valence-corrected chi connectivity index (χ1v) is 7.14. The molecule has 2 rings (SSSR count). The summed E-state index contributed by atoms with van der Waals surface area (Å²) in [5.41, 5.74) is 1.51. The number of ketones is 1. The molecule has 0 amide bonds. The van der Waals surface area contributed by atoms with Crippen LogP contribution in [0.4, 0.5) is 0 Å². The third kappa shape index (κ3) is 3.35. The highest BCUT2D eigenvalue weighted by Crippen LogP contribution is 2.23. The Morgan fingerprint density at radius 3 is 2.85 bits per heavy atom. The van der Waals surface area contributed by atoms with Crippen LogP contribution in [-0.4, -0.2) is 17.4 Å². The van der Waals surface area contributed by atoms with Crippen molar-refractivity contribution in [1.29, 1.82) is 0 Å². The molecule has 3 heteroatoms. The number of rotatable bonds is 6. The summed E-state index contributed by atoms with van der Waals surface area (Å²) in [5, 5.41) is 0.884. The predicted octanol–water partition coefficient (Wildman–Crippen LogP) is 4.25. The van der Waals surface area contributed by atoms with Crippen molar-refractivity contribution in [3.8, 4) is 5.75 Å². The molecule has 20 heavy (non-hydrogen) atoms. The largest absolute Gasteiger partial charge is 0.494 e. The Morgan fingerprint density at radius 1 is 1.35 bits per heavy atom. The van der Waals surface area contributed by atoms with Crippen molar-refractivity contribution in [2.24, 2.45) is 5.92 Å². The maximum Gasteiger partial charge on any atom is 0.160 e.